The van der Waals surface area contributed by atoms with Crippen LogP contribution in [0.4, 0.5) is 4.39 Å². The number of halogens is 3. The third-order valence-corrected chi connectivity index (χ3v) is 10.3. The van der Waals surface area contributed by atoms with Gasteiger partial charge in [-0.25, -0.2) is 17.8 Å². The number of imidazole rings is 1. The highest BCUT2D eigenvalue weighted by atomic mass is 35.5. The van der Waals surface area contributed by atoms with Crippen molar-refractivity contribution >= 4 is 45.7 Å². The average Bonchev–Trinajstić information content (AvgIpc) is 3.57. The maximum atomic E-state index is 15.5. The summed E-state index contributed by atoms with van der Waals surface area (Å²) in [5.41, 5.74) is 3.20. The monoisotopic (exact) mass is 594 g/mol. The summed E-state index contributed by atoms with van der Waals surface area (Å²) in [6, 6.07) is 13.1. The van der Waals surface area contributed by atoms with Crippen LogP contribution in [0.3, 0.4) is 0 Å². The van der Waals surface area contributed by atoms with Gasteiger partial charge in [0.15, 0.2) is 15.7 Å². The van der Waals surface area contributed by atoms with Crippen LogP contribution in [0.5, 0.6) is 0 Å². The van der Waals surface area contributed by atoms with Crippen molar-refractivity contribution in [3.8, 4) is 11.4 Å². The first kappa shape index (κ1) is 28.8. The Morgan fingerprint density at radius 2 is 1.54 bits per heavy atom. The second-order valence-electron chi connectivity index (χ2n) is 11.8. The lowest BCUT2D eigenvalue weighted by Gasteiger charge is -2.41. The van der Waals surface area contributed by atoms with E-state index in [9.17, 15) is 8.42 Å². The molecule has 4 heterocycles. The Bertz CT molecular complexity index is 1440. The molecular formula is C29H37Cl2FN4O2S. The Morgan fingerprint density at radius 3 is 2.13 bits per heavy atom. The molecule has 6 nitrogen and oxygen atoms in total. The topological polar surface area (TPSA) is 67.2 Å². The largest absolute Gasteiger partial charge is 0.321 e. The van der Waals surface area contributed by atoms with Gasteiger partial charge in [-0.2, -0.15) is 0 Å². The zero-order chi connectivity index (χ0) is 25.3. The molecule has 2 aromatic carbocycles. The molecule has 2 unspecified atom stereocenters. The highest BCUT2D eigenvalue weighted by Gasteiger charge is 2.37. The summed E-state index contributed by atoms with van der Waals surface area (Å²) in [5, 5.41) is 3.76. The van der Waals surface area contributed by atoms with Crippen LogP contribution in [-0.2, 0) is 9.84 Å². The molecule has 2 bridgehead atoms. The fourth-order valence-corrected chi connectivity index (χ4v) is 7.72. The van der Waals surface area contributed by atoms with Crippen LogP contribution in [0.1, 0.15) is 68.9 Å². The van der Waals surface area contributed by atoms with E-state index >= 15 is 4.39 Å². The summed E-state index contributed by atoms with van der Waals surface area (Å²) < 4.78 is 41.5. The van der Waals surface area contributed by atoms with Gasteiger partial charge in [0, 0.05) is 36.0 Å². The van der Waals surface area contributed by atoms with Crippen molar-refractivity contribution < 1.29 is 12.8 Å². The Balaban J connectivity index is 0.00000154. The van der Waals surface area contributed by atoms with Gasteiger partial charge >= 0.3 is 0 Å². The second-order valence-corrected chi connectivity index (χ2v) is 13.8. The van der Waals surface area contributed by atoms with E-state index in [4.69, 9.17) is 4.98 Å². The van der Waals surface area contributed by atoms with Crippen molar-refractivity contribution in [1.29, 1.82) is 0 Å². The van der Waals surface area contributed by atoms with E-state index in [0.717, 1.165) is 61.2 Å². The standard InChI is InChI=1S/C29H35FN4O2S.2ClH/c1-37(35,36)25-8-2-19(3-9-25)29-32-28-26(30)14-20(15-27(28)34(29)23-6-7-23)18-10-12-33(13-11-18)24-16-21-4-5-22(17-24)31-21;;/h2-3,8-9,14-15,18,21-24,31H,4-7,10-13,16-17H2,1H3;2*1H. The zero-order valence-electron chi connectivity index (χ0n) is 22.2. The minimum absolute atomic E-state index is 0. The van der Waals surface area contributed by atoms with Gasteiger partial charge in [-0.15, -0.1) is 24.8 Å². The summed E-state index contributed by atoms with van der Waals surface area (Å²) in [4.78, 5) is 7.72. The van der Waals surface area contributed by atoms with Gasteiger partial charge in [0.1, 0.15) is 11.3 Å². The highest BCUT2D eigenvalue weighted by Crippen LogP contribution is 2.43. The Hall–Kier alpha value is -1.71. The van der Waals surface area contributed by atoms with Crippen LogP contribution in [0.25, 0.3) is 22.4 Å². The number of fused-ring (bicyclic) bond motifs is 3. The Morgan fingerprint density at radius 1 is 0.897 bits per heavy atom. The first-order valence-corrected chi connectivity index (χ1v) is 15.7. The molecule has 3 saturated heterocycles. The quantitative estimate of drug-likeness (QED) is 0.399. The molecule has 0 radical (unpaired) electrons. The molecular weight excluding hydrogens is 558 g/mol. The number of hydrogen-bond acceptors (Lipinski definition) is 5. The predicted octanol–water partition coefficient (Wildman–Crippen LogP) is 5.89. The molecule has 3 aromatic rings. The van der Waals surface area contributed by atoms with Crippen LogP contribution in [0.15, 0.2) is 41.3 Å². The lowest BCUT2D eigenvalue weighted by molar-refractivity contribution is 0.111. The van der Waals surface area contributed by atoms with E-state index in [1.807, 2.05) is 0 Å². The molecule has 4 aliphatic rings. The fraction of sp³-hybridized carbons (Fsp3) is 0.552. The van der Waals surface area contributed by atoms with Crippen LogP contribution in [0, 0.1) is 5.82 Å². The summed E-state index contributed by atoms with van der Waals surface area (Å²) in [6.45, 7) is 2.18. The third-order valence-electron chi connectivity index (χ3n) is 9.19. The van der Waals surface area contributed by atoms with Crippen molar-refractivity contribution in [2.75, 3.05) is 19.3 Å². The van der Waals surface area contributed by atoms with Gasteiger partial charge in [0.25, 0.3) is 0 Å². The maximum absolute atomic E-state index is 15.5. The van der Waals surface area contributed by atoms with E-state index in [-0.39, 0.29) is 35.5 Å². The number of sulfone groups is 1. The fourth-order valence-electron chi connectivity index (χ4n) is 7.09. The van der Waals surface area contributed by atoms with E-state index < -0.39 is 9.84 Å². The average molecular weight is 596 g/mol. The Kier molecular flexibility index (Phi) is 8.08. The number of nitrogens with one attached hydrogen (secondary N) is 1. The zero-order valence-corrected chi connectivity index (χ0v) is 24.6. The van der Waals surface area contributed by atoms with Crippen LogP contribution < -0.4 is 5.32 Å². The lowest BCUT2D eigenvalue weighted by Crippen LogP contribution is -2.50. The number of benzene rings is 2. The lowest BCUT2D eigenvalue weighted by atomic mass is 9.87. The van der Waals surface area contributed by atoms with Gasteiger partial charge in [0.05, 0.1) is 10.4 Å². The van der Waals surface area contributed by atoms with E-state index in [1.165, 1.54) is 31.9 Å². The van der Waals surface area contributed by atoms with Gasteiger partial charge in [-0.05, 0) is 112 Å². The highest BCUT2D eigenvalue weighted by molar-refractivity contribution is 7.90. The van der Waals surface area contributed by atoms with Crippen molar-refractivity contribution in [2.24, 2.45) is 0 Å². The molecule has 7 rings (SSSR count). The normalized spacial score (nSPS) is 25.8. The second kappa shape index (κ2) is 10.9. The number of likely N-dealkylation sites (tertiary alicyclic amines) is 1. The molecule has 0 spiro atoms. The van der Waals surface area contributed by atoms with Crippen molar-refractivity contribution in [3.63, 3.8) is 0 Å². The van der Waals surface area contributed by atoms with Crippen molar-refractivity contribution in [2.45, 2.75) is 86.3 Å². The molecule has 2 atom stereocenters. The number of nitrogens with zero attached hydrogens (tertiary/aromatic N) is 3. The van der Waals surface area contributed by atoms with E-state index in [0.29, 0.717) is 35.6 Å². The first-order chi connectivity index (χ1) is 17.8. The molecule has 1 aliphatic carbocycles. The number of hydrogen-bond donors (Lipinski definition) is 1. The molecule has 0 amide bonds. The molecule has 3 aliphatic heterocycles. The van der Waals surface area contributed by atoms with Gasteiger partial charge in [-0.3, -0.25) is 0 Å². The summed E-state index contributed by atoms with van der Waals surface area (Å²) in [7, 11) is -3.27. The molecule has 1 N–H and O–H groups in total. The van der Waals surface area contributed by atoms with Crippen molar-refractivity contribution in [3.05, 3.63) is 47.8 Å². The molecule has 10 heteroatoms. The minimum Gasteiger partial charge on any atom is -0.321 e. The molecule has 1 aromatic heterocycles. The summed E-state index contributed by atoms with van der Waals surface area (Å²) in [6.07, 6.45) is 10.7. The van der Waals surface area contributed by atoms with Crippen LogP contribution >= 0.6 is 24.8 Å². The first-order valence-electron chi connectivity index (χ1n) is 13.9. The van der Waals surface area contributed by atoms with Crippen LogP contribution in [0.2, 0.25) is 0 Å². The predicted molar refractivity (Wildman–Crippen MR) is 158 cm³/mol. The number of aromatic nitrogens is 2. The maximum Gasteiger partial charge on any atom is 0.175 e. The Labute approximate surface area is 242 Å². The molecule has 39 heavy (non-hydrogen) atoms. The SMILES string of the molecule is CS(=O)(=O)c1ccc(-c2nc3c(F)cc(C4CCN(C5CC6CCC(C5)N6)CC4)cc3n2C2CC2)cc1.Cl.Cl. The molecule has 212 valence electrons. The summed E-state index contributed by atoms with van der Waals surface area (Å²) >= 11 is 0. The van der Waals surface area contributed by atoms with E-state index in [2.05, 4.69) is 20.9 Å². The third kappa shape index (κ3) is 5.47. The number of piperidine rings is 2. The van der Waals surface area contributed by atoms with Crippen molar-refractivity contribution in [1.82, 2.24) is 19.8 Å². The molecule has 1 saturated carbocycles. The van der Waals surface area contributed by atoms with Crippen LogP contribution in [-0.4, -0.2) is 60.3 Å². The van der Waals surface area contributed by atoms with Gasteiger partial charge in [0.2, 0.25) is 0 Å². The minimum atomic E-state index is -3.27. The molecule has 4 fully saturated rings. The van der Waals surface area contributed by atoms with E-state index in [1.54, 1.807) is 30.3 Å². The number of rotatable bonds is 5. The smallest absolute Gasteiger partial charge is 0.175 e. The van der Waals surface area contributed by atoms with Gasteiger partial charge < -0.3 is 14.8 Å². The summed E-state index contributed by atoms with van der Waals surface area (Å²) in [5.74, 6) is 0.843. The van der Waals surface area contributed by atoms with Gasteiger partial charge in [-0.1, -0.05) is 0 Å².